The second kappa shape index (κ2) is 4.97. The fourth-order valence-electron chi connectivity index (χ4n) is 2.25. The van der Waals surface area contributed by atoms with Crippen LogP contribution in [0.25, 0.3) is 0 Å². The van der Waals surface area contributed by atoms with Gasteiger partial charge in [-0.25, -0.2) is 0 Å². The Kier molecular flexibility index (Phi) is 3.76. The average Bonchev–Trinajstić information content (AvgIpc) is 2.24. The number of halogens is 2. The summed E-state index contributed by atoms with van der Waals surface area (Å²) in [4.78, 5) is 12.2. The summed E-state index contributed by atoms with van der Waals surface area (Å²) in [6, 6.07) is 5.38. The third-order valence-corrected chi connectivity index (χ3v) is 4.53. The first-order valence-electron chi connectivity index (χ1n) is 5.75. The van der Waals surface area contributed by atoms with Crippen LogP contribution in [0, 0.1) is 5.41 Å². The molecule has 1 aliphatic carbocycles. The molecule has 0 atom stereocenters. The Labute approximate surface area is 111 Å². The largest absolute Gasteiger partial charge is 0.329 e. The molecule has 0 unspecified atom stereocenters. The number of ketones is 1. The Hall–Kier alpha value is -0.570. The number of nitrogens with two attached hydrogens (primary N) is 1. The van der Waals surface area contributed by atoms with Crippen molar-refractivity contribution < 1.29 is 4.79 Å². The molecule has 0 heterocycles. The first-order valence-corrected chi connectivity index (χ1v) is 6.51. The highest BCUT2D eigenvalue weighted by Gasteiger charge is 2.42. The fraction of sp³-hybridized carbons (Fsp3) is 0.462. The van der Waals surface area contributed by atoms with Crippen molar-refractivity contribution in [1.29, 1.82) is 0 Å². The lowest BCUT2D eigenvalue weighted by Crippen LogP contribution is -2.45. The minimum atomic E-state index is -0.300. The van der Waals surface area contributed by atoms with E-state index in [2.05, 4.69) is 0 Å². The normalized spacial score (nSPS) is 17.6. The SMILES string of the molecule is NCC1(C(=O)Cc2cccc(Cl)c2Cl)CCC1. The van der Waals surface area contributed by atoms with Crippen LogP contribution in [0.15, 0.2) is 18.2 Å². The van der Waals surface area contributed by atoms with E-state index in [0.29, 0.717) is 23.0 Å². The fourth-order valence-corrected chi connectivity index (χ4v) is 2.63. The van der Waals surface area contributed by atoms with Crippen LogP contribution < -0.4 is 5.73 Å². The van der Waals surface area contributed by atoms with Gasteiger partial charge in [0.2, 0.25) is 0 Å². The van der Waals surface area contributed by atoms with Gasteiger partial charge in [0.1, 0.15) is 5.78 Å². The van der Waals surface area contributed by atoms with Crippen LogP contribution in [0.3, 0.4) is 0 Å². The highest BCUT2D eigenvalue weighted by Crippen LogP contribution is 2.42. The Morgan fingerprint density at radius 2 is 2.06 bits per heavy atom. The smallest absolute Gasteiger partial charge is 0.144 e. The Morgan fingerprint density at radius 1 is 1.35 bits per heavy atom. The molecule has 1 fully saturated rings. The lowest BCUT2D eigenvalue weighted by molar-refractivity contribution is -0.132. The van der Waals surface area contributed by atoms with E-state index in [1.807, 2.05) is 12.1 Å². The molecule has 1 aromatic rings. The lowest BCUT2D eigenvalue weighted by Gasteiger charge is -2.39. The number of carbonyl (C=O) groups is 1. The molecule has 0 bridgehead atoms. The van der Waals surface area contributed by atoms with E-state index in [1.54, 1.807) is 6.07 Å². The van der Waals surface area contributed by atoms with Gasteiger partial charge in [-0.3, -0.25) is 4.79 Å². The van der Waals surface area contributed by atoms with Crippen molar-refractivity contribution in [2.45, 2.75) is 25.7 Å². The van der Waals surface area contributed by atoms with Crippen LogP contribution >= 0.6 is 23.2 Å². The van der Waals surface area contributed by atoms with Crippen LogP contribution in [0.1, 0.15) is 24.8 Å². The van der Waals surface area contributed by atoms with Gasteiger partial charge < -0.3 is 5.73 Å². The quantitative estimate of drug-likeness (QED) is 0.914. The topological polar surface area (TPSA) is 43.1 Å². The van der Waals surface area contributed by atoms with Gasteiger partial charge in [-0.2, -0.15) is 0 Å². The Morgan fingerprint density at radius 3 is 2.59 bits per heavy atom. The summed E-state index contributed by atoms with van der Waals surface area (Å²) in [5, 5.41) is 0.974. The van der Waals surface area contributed by atoms with E-state index in [0.717, 1.165) is 24.8 Å². The minimum absolute atomic E-state index is 0.190. The van der Waals surface area contributed by atoms with E-state index >= 15 is 0 Å². The molecular weight excluding hydrogens is 257 g/mol. The molecule has 0 aromatic heterocycles. The van der Waals surface area contributed by atoms with Gasteiger partial charge in [0.05, 0.1) is 10.0 Å². The standard InChI is InChI=1S/C13H15Cl2NO/c14-10-4-1-3-9(12(10)15)7-11(17)13(8-16)5-2-6-13/h1,3-4H,2,5-8,16H2. The summed E-state index contributed by atoms with van der Waals surface area (Å²) in [6.07, 6.45) is 3.23. The summed E-state index contributed by atoms with van der Waals surface area (Å²) < 4.78 is 0. The molecule has 0 saturated heterocycles. The third kappa shape index (κ3) is 2.35. The Balaban J connectivity index is 2.16. The summed E-state index contributed by atoms with van der Waals surface area (Å²) >= 11 is 12.0. The maximum absolute atomic E-state index is 12.2. The number of rotatable bonds is 4. The van der Waals surface area contributed by atoms with E-state index in [4.69, 9.17) is 28.9 Å². The first kappa shape index (κ1) is 12.9. The maximum Gasteiger partial charge on any atom is 0.144 e. The molecule has 0 radical (unpaired) electrons. The second-order valence-electron chi connectivity index (χ2n) is 4.65. The zero-order valence-corrected chi connectivity index (χ0v) is 11.0. The van der Waals surface area contributed by atoms with Gasteiger partial charge in [-0.05, 0) is 24.5 Å². The highest BCUT2D eigenvalue weighted by atomic mass is 35.5. The molecular formula is C13H15Cl2NO. The number of benzene rings is 1. The van der Waals surface area contributed by atoms with E-state index in [-0.39, 0.29) is 11.2 Å². The average molecular weight is 272 g/mol. The van der Waals surface area contributed by atoms with Gasteiger partial charge >= 0.3 is 0 Å². The highest BCUT2D eigenvalue weighted by molar-refractivity contribution is 6.42. The van der Waals surface area contributed by atoms with Crippen molar-refractivity contribution in [3.05, 3.63) is 33.8 Å². The van der Waals surface area contributed by atoms with Gasteiger partial charge in [0, 0.05) is 18.4 Å². The first-order chi connectivity index (χ1) is 8.09. The second-order valence-corrected chi connectivity index (χ2v) is 5.44. The molecule has 4 heteroatoms. The van der Waals surface area contributed by atoms with Gasteiger partial charge in [-0.1, -0.05) is 41.8 Å². The van der Waals surface area contributed by atoms with Crippen molar-refractivity contribution in [3.8, 4) is 0 Å². The van der Waals surface area contributed by atoms with Crippen LogP contribution in [-0.4, -0.2) is 12.3 Å². The molecule has 2 nitrogen and oxygen atoms in total. The van der Waals surface area contributed by atoms with Crippen molar-refractivity contribution in [2.24, 2.45) is 11.1 Å². The lowest BCUT2D eigenvalue weighted by atomic mass is 9.65. The summed E-state index contributed by atoms with van der Waals surface area (Å²) in [5.41, 5.74) is 6.21. The number of Topliss-reactive ketones (excluding diaryl/α,β-unsaturated/α-hetero) is 1. The van der Waals surface area contributed by atoms with Gasteiger partial charge in [0.25, 0.3) is 0 Å². The molecule has 1 aromatic carbocycles. The molecule has 17 heavy (non-hydrogen) atoms. The molecule has 0 spiro atoms. The van der Waals surface area contributed by atoms with Crippen LogP contribution in [0.2, 0.25) is 10.0 Å². The summed E-state index contributed by atoms with van der Waals surface area (Å²) in [5.74, 6) is 0.190. The van der Waals surface area contributed by atoms with Crippen LogP contribution in [-0.2, 0) is 11.2 Å². The molecule has 2 rings (SSSR count). The number of hydrogen-bond acceptors (Lipinski definition) is 2. The van der Waals surface area contributed by atoms with Crippen LogP contribution in [0.5, 0.6) is 0 Å². The zero-order valence-electron chi connectivity index (χ0n) is 9.51. The van der Waals surface area contributed by atoms with Crippen molar-refractivity contribution in [3.63, 3.8) is 0 Å². The van der Waals surface area contributed by atoms with E-state index in [1.165, 1.54) is 0 Å². The zero-order chi connectivity index (χ0) is 12.5. The van der Waals surface area contributed by atoms with E-state index < -0.39 is 0 Å². The van der Waals surface area contributed by atoms with E-state index in [9.17, 15) is 4.79 Å². The van der Waals surface area contributed by atoms with Gasteiger partial charge in [0.15, 0.2) is 0 Å². The number of hydrogen-bond donors (Lipinski definition) is 1. The maximum atomic E-state index is 12.2. The Bertz CT molecular complexity index is 436. The monoisotopic (exact) mass is 271 g/mol. The van der Waals surface area contributed by atoms with Crippen molar-refractivity contribution in [1.82, 2.24) is 0 Å². The van der Waals surface area contributed by atoms with Gasteiger partial charge in [-0.15, -0.1) is 0 Å². The van der Waals surface area contributed by atoms with Crippen molar-refractivity contribution in [2.75, 3.05) is 6.54 Å². The van der Waals surface area contributed by atoms with Crippen molar-refractivity contribution >= 4 is 29.0 Å². The molecule has 2 N–H and O–H groups in total. The predicted octanol–water partition coefficient (Wildman–Crippen LogP) is 3.23. The molecule has 1 aliphatic rings. The minimum Gasteiger partial charge on any atom is -0.329 e. The molecule has 0 amide bonds. The summed E-state index contributed by atoms with van der Waals surface area (Å²) in [7, 11) is 0. The molecule has 0 aliphatic heterocycles. The molecule has 92 valence electrons. The summed E-state index contributed by atoms with van der Waals surface area (Å²) in [6.45, 7) is 0.435. The molecule has 1 saturated carbocycles. The third-order valence-electron chi connectivity index (χ3n) is 3.68. The number of carbonyl (C=O) groups excluding carboxylic acids is 1. The van der Waals surface area contributed by atoms with Crippen LogP contribution in [0.4, 0.5) is 0 Å². The predicted molar refractivity (Wildman–Crippen MR) is 70.5 cm³/mol.